The zero-order valence-corrected chi connectivity index (χ0v) is 21.0. The van der Waals surface area contributed by atoms with E-state index >= 15 is 4.39 Å². The molecule has 2 aliphatic heterocycles. The molecule has 0 atom stereocenters. The lowest BCUT2D eigenvalue weighted by atomic mass is 9.83. The second kappa shape index (κ2) is 9.36. The number of aromatic nitrogens is 2. The minimum atomic E-state index is -0.274. The van der Waals surface area contributed by atoms with Crippen molar-refractivity contribution in [2.24, 2.45) is 5.92 Å². The molecule has 2 aromatic heterocycles. The van der Waals surface area contributed by atoms with E-state index in [0.717, 1.165) is 78.7 Å². The Morgan fingerprint density at radius 1 is 1.22 bits per heavy atom. The predicted molar refractivity (Wildman–Crippen MR) is 140 cm³/mol. The average molecular weight is 489 g/mol. The summed E-state index contributed by atoms with van der Waals surface area (Å²) in [7, 11) is 3.55. The van der Waals surface area contributed by atoms with E-state index in [1.165, 1.54) is 18.9 Å². The number of methoxy groups -OCH3 is 1. The third-order valence-electron chi connectivity index (χ3n) is 8.44. The summed E-state index contributed by atoms with van der Waals surface area (Å²) in [5, 5.41) is 0.911. The molecule has 0 bridgehead atoms. The Morgan fingerprint density at radius 2 is 2.03 bits per heavy atom. The summed E-state index contributed by atoms with van der Waals surface area (Å²) in [5.74, 6) is 0.0909. The van der Waals surface area contributed by atoms with Crippen molar-refractivity contribution in [3.05, 3.63) is 53.6 Å². The Kier molecular flexibility index (Phi) is 6.04. The molecule has 1 saturated carbocycles. The van der Waals surface area contributed by atoms with Gasteiger partial charge in [0.05, 0.1) is 13.3 Å². The lowest BCUT2D eigenvalue weighted by Gasteiger charge is -2.38. The number of halogens is 1. The molecular weight excluding hydrogens is 455 g/mol. The molecule has 3 aliphatic rings. The number of rotatable bonds is 4. The quantitative estimate of drug-likeness (QED) is 0.490. The van der Waals surface area contributed by atoms with E-state index in [1.807, 2.05) is 18.2 Å². The lowest BCUT2D eigenvalue weighted by molar-refractivity contribution is -0.142. The van der Waals surface area contributed by atoms with Crippen molar-refractivity contribution in [3.63, 3.8) is 0 Å². The number of esters is 1. The molecular formula is C29H33FN4O2. The van der Waals surface area contributed by atoms with Gasteiger partial charge in [0.1, 0.15) is 11.5 Å². The van der Waals surface area contributed by atoms with Crippen molar-refractivity contribution in [2.75, 3.05) is 32.1 Å². The average Bonchev–Trinajstić information content (AvgIpc) is 3.20. The first-order valence-corrected chi connectivity index (χ1v) is 13.0. The third kappa shape index (κ3) is 3.99. The summed E-state index contributed by atoms with van der Waals surface area (Å²) in [5.41, 5.74) is 6.90. The van der Waals surface area contributed by atoms with Crippen LogP contribution in [0.25, 0.3) is 27.7 Å². The van der Waals surface area contributed by atoms with E-state index in [1.54, 1.807) is 0 Å². The first kappa shape index (κ1) is 23.2. The van der Waals surface area contributed by atoms with Gasteiger partial charge in [0.2, 0.25) is 0 Å². The number of anilines is 1. The summed E-state index contributed by atoms with van der Waals surface area (Å²) in [6.45, 7) is 2.63. The summed E-state index contributed by atoms with van der Waals surface area (Å²) in [6, 6.07) is 8.62. The Hall–Kier alpha value is -3.19. The molecule has 1 aliphatic carbocycles. The Balaban J connectivity index is 1.26. The molecule has 0 spiro atoms. The molecule has 1 fully saturated rings. The van der Waals surface area contributed by atoms with Crippen molar-refractivity contribution < 1.29 is 13.9 Å². The molecule has 1 aromatic carbocycles. The number of aromatic amines is 1. The normalized spacial score (nSPS) is 22.2. The lowest BCUT2D eigenvalue weighted by Crippen LogP contribution is -2.40. The fraction of sp³-hybridized carbons (Fsp3) is 0.448. The number of carbonyl (C=O) groups excluding carboxylic acids is 1. The van der Waals surface area contributed by atoms with Crippen LogP contribution in [-0.4, -0.2) is 54.1 Å². The number of hydrogen-bond donors (Lipinski definition) is 1. The monoisotopic (exact) mass is 488 g/mol. The second-order valence-electron chi connectivity index (χ2n) is 10.5. The maximum Gasteiger partial charge on any atom is 0.305 e. The van der Waals surface area contributed by atoms with Gasteiger partial charge in [-0.2, -0.15) is 0 Å². The number of H-pyrrole nitrogens is 1. The number of benzene rings is 1. The second-order valence-corrected chi connectivity index (χ2v) is 10.5. The molecule has 0 amide bonds. The number of fused-ring (bicyclic) bond motifs is 2. The van der Waals surface area contributed by atoms with E-state index in [9.17, 15) is 4.79 Å². The first-order valence-electron chi connectivity index (χ1n) is 13.0. The van der Waals surface area contributed by atoms with Crippen LogP contribution in [0.2, 0.25) is 0 Å². The molecule has 1 N–H and O–H groups in total. The maximum absolute atomic E-state index is 15.2. The summed E-state index contributed by atoms with van der Waals surface area (Å²) < 4.78 is 20.1. The van der Waals surface area contributed by atoms with Crippen molar-refractivity contribution in [3.8, 4) is 11.1 Å². The van der Waals surface area contributed by atoms with Gasteiger partial charge in [-0.3, -0.25) is 9.69 Å². The molecule has 6 rings (SSSR count). The molecule has 36 heavy (non-hydrogen) atoms. The fourth-order valence-corrected chi connectivity index (χ4v) is 6.51. The largest absolute Gasteiger partial charge is 0.469 e. The number of pyridine rings is 1. The van der Waals surface area contributed by atoms with Crippen LogP contribution in [0.15, 0.2) is 36.5 Å². The van der Waals surface area contributed by atoms with Crippen LogP contribution >= 0.6 is 0 Å². The summed E-state index contributed by atoms with van der Waals surface area (Å²) >= 11 is 0. The van der Waals surface area contributed by atoms with E-state index in [2.05, 4.69) is 39.0 Å². The van der Waals surface area contributed by atoms with Gasteiger partial charge in [-0.15, -0.1) is 0 Å². The van der Waals surface area contributed by atoms with Crippen molar-refractivity contribution in [1.82, 2.24) is 14.9 Å². The van der Waals surface area contributed by atoms with Crippen LogP contribution in [0, 0.1) is 11.7 Å². The van der Waals surface area contributed by atoms with Gasteiger partial charge in [-0.25, -0.2) is 9.37 Å². The van der Waals surface area contributed by atoms with Crippen molar-refractivity contribution in [2.45, 2.75) is 51.1 Å². The van der Waals surface area contributed by atoms with E-state index in [0.29, 0.717) is 30.5 Å². The van der Waals surface area contributed by atoms with Gasteiger partial charge >= 0.3 is 5.97 Å². The Labute approximate surface area is 211 Å². The van der Waals surface area contributed by atoms with E-state index in [-0.39, 0.29) is 11.8 Å². The molecule has 7 heteroatoms. The highest BCUT2D eigenvalue weighted by Gasteiger charge is 2.31. The number of nitrogens with one attached hydrogen (secondary N) is 1. The number of ether oxygens (including phenoxy) is 1. The molecule has 188 valence electrons. The summed E-state index contributed by atoms with van der Waals surface area (Å²) in [6.07, 6.45) is 9.65. The molecule has 0 unspecified atom stereocenters. The number of carbonyl (C=O) groups is 1. The third-order valence-corrected chi connectivity index (χ3v) is 8.44. The smallest absolute Gasteiger partial charge is 0.305 e. The van der Waals surface area contributed by atoms with Gasteiger partial charge < -0.3 is 14.6 Å². The highest BCUT2D eigenvalue weighted by Crippen LogP contribution is 2.44. The molecule has 4 heterocycles. The Morgan fingerprint density at radius 3 is 2.78 bits per heavy atom. The SMILES string of the molecule is COC(=O)C[C@H]1CC[C@H](N2CC=C(c3[nH]c4ncc(F)c5c4c3CN(C)c3ccccc3-5)CC2)CC1. The molecule has 3 aromatic rings. The molecule has 6 nitrogen and oxygen atoms in total. The van der Waals surface area contributed by atoms with Crippen molar-refractivity contribution >= 4 is 28.3 Å². The standard InChI is InChI=1S/C29H33FN4O2/c1-33-17-22-27-26(21-5-3-4-6-24(21)33)23(30)16-31-29(27)32-28(22)19-11-13-34(14-12-19)20-9-7-18(8-10-20)15-25(35)36-2/h3-6,11,16,18,20H,7-10,12-15,17H2,1-2H3,(H,31,32)/t18-,20-. The van der Waals surface area contributed by atoms with E-state index in [4.69, 9.17) is 4.74 Å². The van der Waals surface area contributed by atoms with Crippen LogP contribution in [0.5, 0.6) is 0 Å². The zero-order chi connectivity index (χ0) is 24.8. The fourth-order valence-electron chi connectivity index (χ4n) is 6.51. The first-order chi connectivity index (χ1) is 17.5. The highest BCUT2D eigenvalue weighted by atomic mass is 19.1. The van der Waals surface area contributed by atoms with Gasteiger partial charge in [0.15, 0.2) is 0 Å². The highest BCUT2D eigenvalue weighted by molar-refractivity contribution is 6.03. The van der Waals surface area contributed by atoms with Gasteiger partial charge in [-0.05, 0) is 49.7 Å². The molecule has 0 saturated heterocycles. The number of nitrogens with zero attached hydrogens (tertiary/aromatic N) is 3. The van der Waals surface area contributed by atoms with Crippen LogP contribution < -0.4 is 4.90 Å². The minimum Gasteiger partial charge on any atom is -0.469 e. The zero-order valence-electron chi connectivity index (χ0n) is 21.0. The van der Waals surface area contributed by atoms with Crippen LogP contribution in [0.4, 0.5) is 10.1 Å². The van der Waals surface area contributed by atoms with Crippen LogP contribution in [0.3, 0.4) is 0 Å². The van der Waals surface area contributed by atoms with E-state index < -0.39 is 0 Å². The number of hydrogen-bond acceptors (Lipinski definition) is 5. The molecule has 0 radical (unpaired) electrons. The predicted octanol–water partition coefficient (Wildman–Crippen LogP) is 5.53. The summed E-state index contributed by atoms with van der Waals surface area (Å²) in [4.78, 5) is 24.4. The Bertz CT molecular complexity index is 1340. The van der Waals surface area contributed by atoms with Crippen LogP contribution in [0.1, 0.15) is 49.8 Å². The van der Waals surface area contributed by atoms with Gasteiger partial charge in [0.25, 0.3) is 0 Å². The van der Waals surface area contributed by atoms with Crippen LogP contribution in [-0.2, 0) is 16.1 Å². The number of para-hydroxylation sites is 1. The maximum atomic E-state index is 15.2. The van der Waals surface area contributed by atoms with Gasteiger partial charge in [-0.1, -0.05) is 24.3 Å². The minimum absolute atomic E-state index is 0.0895. The topological polar surface area (TPSA) is 61.5 Å². The van der Waals surface area contributed by atoms with Crippen molar-refractivity contribution in [1.29, 1.82) is 0 Å². The van der Waals surface area contributed by atoms with Gasteiger partial charge in [0, 0.05) is 72.6 Å².